The number of pyridine rings is 1. The van der Waals surface area contributed by atoms with Gasteiger partial charge in [0.05, 0.1) is 0 Å². The van der Waals surface area contributed by atoms with Crippen LogP contribution in [-0.2, 0) is 6.42 Å². The third kappa shape index (κ3) is 3.18. The Kier molecular flexibility index (Phi) is 5.03. The minimum Gasteiger partial charge on any atom is -0.388 e. The van der Waals surface area contributed by atoms with E-state index in [4.69, 9.17) is 11.1 Å². The van der Waals surface area contributed by atoms with Crippen molar-refractivity contribution < 1.29 is 0 Å². The number of benzene rings is 2. The van der Waals surface area contributed by atoms with Crippen LogP contribution in [0.25, 0.3) is 22.3 Å². The maximum Gasteiger partial charge on any atom is 0.131 e. The first kappa shape index (κ1) is 17.7. The first-order valence-corrected chi connectivity index (χ1v) is 8.76. The topological polar surface area (TPSA) is 74.8 Å². The summed E-state index contributed by atoms with van der Waals surface area (Å²) in [4.78, 5) is 4.47. The summed E-state index contributed by atoms with van der Waals surface area (Å²) in [5.74, 6) is 0.550. The van der Waals surface area contributed by atoms with Gasteiger partial charge in [-0.3, -0.25) is 0 Å². The van der Waals surface area contributed by atoms with Crippen molar-refractivity contribution in [2.24, 2.45) is 0 Å². The number of nitrogens with one attached hydrogen (secondary N) is 2. The largest absolute Gasteiger partial charge is 0.388 e. The molecule has 3 rings (SSSR count). The Balaban J connectivity index is 2.22. The Hall–Kier alpha value is -3.14. The van der Waals surface area contributed by atoms with E-state index in [1.807, 2.05) is 25.4 Å². The van der Waals surface area contributed by atoms with Gasteiger partial charge in [0.1, 0.15) is 5.82 Å². The van der Waals surface area contributed by atoms with E-state index in [0.29, 0.717) is 5.82 Å². The predicted molar refractivity (Wildman–Crippen MR) is 111 cm³/mol. The molecule has 4 N–H and O–H groups in total. The molecule has 0 aliphatic heterocycles. The summed E-state index contributed by atoms with van der Waals surface area (Å²) in [6.45, 7) is 4.21. The van der Waals surface area contributed by atoms with Gasteiger partial charge in [0, 0.05) is 41.8 Å². The van der Waals surface area contributed by atoms with Crippen LogP contribution in [-0.4, -0.2) is 18.2 Å². The molecule has 0 aliphatic carbocycles. The fourth-order valence-electron chi connectivity index (χ4n) is 3.30. The number of hydrogen-bond donors (Lipinski definition) is 3. The van der Waals surface area contributed by atoms with Crippen molar-refractivity contribution in [3.63, 3.8) is 0 Å². The Morgan fingerprint density at radius 3 is 2.42 bits per heavy atom. The van der Waals surface area contributed by atoms with Gasteiger partial charge in [-0.15, -0.1) is 0 Å². The molecule has 0 amide bonds. The van der Waals surface area contributed by atoms with Gasteiger partial charge in [0.25, 0.3) is 0 Å². The SMILES string of the molecule is CCc1c(-c2ccc(NC)c(C=N)c2)cnc(N)c1-c1ccc(C)cc1. The van der Waals surface area contributed by atoms with Crippen LogP contribution < -0.4 is 11.1 Å². The molecule has 0 saturated heterocycles. The highest BCUT2D eigenvalue weighted by atomic mass is 14.8. The molecule has 4 heteroatoms. The van der Waals surface area contributed by atoms with Gasteiger partial charge < -0.3 is 16.5 Å². The molecule has 2 aromatic carbocycles. The second kappa shape index (κ2) is 7.40. The van der Waals surface area contributed by atoms with Crippen molar-refractivity contribution in [3.05, 3.63) is 65.4 Å². The normalized spacial score (nSPS) is 10.6. The molecule has 3 aromatic rings. The molecule has 132 valence electrons. The van der Waals surface area contributed by atoms with Crippen LogP contribution in [0.4, 0.5) is 11.5 Å². The van der Waals surface area contributed by atoms with Crippen LogP contribution >= 0.6 is 0 Å². The van der Waals surface area contributed by atoms with Gasteiger partial charge in [-0.1, -0.05) is 42.8 Å². The molecule has 0 atom stereocenters. The lowest BCUT2D eigenvalue weighted by molar-refractivity contribution is 1.13. The number of nitrogens with two attached hydrogens (primary N) is 1. The maximum atomic E-state index is 7.68. The average Bonchev–Trinajstić information content (AvgIpc) is 2.68. The molecule has 1 heterocycles. The summed E-state index contributed by atoms with van der Waals surface area (Å²) in [6.07, 6.45) is 4.06. The van der Waals surface area contributed by atoms with Gasteiger partial charge in [-0.25, -0.2) is 4.98 Å². The summed E-state index contributed by atoms with van der Waals surface area (Å²) >= 11 is 0. The third-order valence-corrected chi connectivity index (χ3v) is 4.70. The predicted octanol–water partition coefficient (Wildman–Crippen LogP) is 4.91. The number of anilines is 2. The molecule has 0 fully saturated rings. The number of aromatic nitrogens is 1. The molecule has 1 aromatic heterocycles. The molecule has 0 bridgehead atoms. The van der Waals surface area contributed by atoms with Gasteiger partial charge in [0.15, 0.2) is 0 Å². The van der Waals surface area contributed by atoms with Crippen molar-refractivity contribution in [2.75, 3.05) is 18.1 Å². The summed E-state index contributed by atoms with van der Waals surface area (Å²) in [6, 6.07) is 14.5. The fourth-order valence-corrected chi connectivity index (χ4v) is 3.30. The number of aryl methyl sites for hydroxylation is 1. The van der Waals surface area contributed by atoms with E-state index in [0.717, 1.165) is 39.9 Å². The molecule has 0 radical (unpaired) electrons. The summed E-state index contributed by atoms with van der Waals surface area (Å²) in [5, 5.41) is 10.8. The lowest BCUT2D eigenvalue weighted by Crippen LogP contribution is -2.02. The Morgan fingerprint density at radius 1 is 1.12 bits per heavy atom. The zero-order valence-electron chi connectivity index (χ0n) is 15.4. The number of nitrogens with zero attached hydrogens (tertiary/aromatic N) is 1. The molecular weight excluding hydrogens is 320 g/mol. The number of hydrogen-bond acceptors (Lipinski definition) is 4. The van der Waals surface area contributed by atoms with Crippen LogP contribution in [0.2, 0.25) is 0 Å². The molecule has 0 saturated carbocycles. The molecular formula is C22H24N4. The molecule has 0 aliphatic rings. The number of rotatable bonds is 5. The lowest BCUT2D eigenvalue weighted by atomic mass is 9.91. The summed E-state index contributed by atoms with van der Waals surface area (Å²) in [5.41, 5.74) is 14.6. The van der Waals surface area contributed by atoms with Crippen LogP contribution in [0.3, 0.4) is 0 Å². The molecule has 26 heavy (non-hydrogen) atoms. The standard InChI is InChI=1S/C22H24N4/c1-4-18-19(16-9-10-20(25-3)17(11-16)12-23)13-26-22(24)21(18)15-7-5-14(2)6-8-15/h5-13,23,25H,4H2,1-3H3,(H2,24,26). The fraction of sp³-hybridized carbons (Fsp3) is 0.182. The van der Waals surface area contributed by atoms with Gasteiger partial charge in [0.2, 0.25) is 0 Å². The zero-order chi connectivity index (χ0) is 18.7. The average molecular weight is 344 g/mol. The minimum absolute atomic E-state index is 0.550. The second-order valence-corrected chi connectivity index (χ2v) is 6.33. The molecule has 0 unspecified atom stereocenters. The smallest absolute Gasteiger partial charge is 0.131 e. The summed E-state index contributed by atoms with van der Waals surface area (Å²) < 4.78 is 0. The van der Waals surface area contributed by atoms with Crippen molar-refractivity contribution >= 4 is 17.7 Å². The quantitative estimate of drug-likeness (QED) is 0.576. The summed E-state index contributed by atoms with van der Waals surface area (Å²) in [7, 11) is 1.86. The van der Waals surface area contributed by atoms with Crippen molar-refractivity contribution in [2.45, 2.75) is 20.3 Å². The van der Waals surface area contributed by atoms with Gasteiger partial charge >= 0.3 is 0 Å². The first-order valence-electron chi connectivity index (χ1n) is 8.76. The maximum absolute atomic E-state index is 7.68. The van der Waals surface area contributed by atoms with Gasteiger partial charge in [-0.05, 0) is 42.2 Å². The molecule has 4 nitrogen and oxygen atoms in total. The first-order chi connectivity index (χ1) is 12.6. The van der Waals surface area contributed by atoms with Crippen LogP contribution in [0.5, 0.6) is 0 Å². The van der Waals surface area contributed by atoms with Crippen molar-refractivity contribution in [1.29, 1.82) is 5.41 Å². The van der Waals surface area contributed by atoms with E-state index in [1.165, 1.54) is 17.3 Å². The number of nitrogen functional groups attached to an aromatic ring is 1. The Bertz CT molecular complexity index is 943. The highest BCUT2D eigenvalue weighted by Crippen LogP contribution is 2.36. The highest BCUT2D eigenvalue weighted by Gasteiger charge is 2.15. The van der Waals surface area contributed by atoms with Crippen LogP contribution in [0.1, 0.15) is 23.6 Å². The monoisotopic (exact) mass is 344 g/mol. The van der Waals surface area contributed by atoms with Crippen LogP contribution in [0.15, 0.2) is 48.7 Å². The van der Waals surface area contributed by atoms with E-state index in [-0.39, 0.29) is 0 Å². The lowest BCUT2D eigenvalue weighted by Gasteiger charge is -2.17. The van der Waals surface area contributed by atoms with Gasteiger partial charge in [-0.2, -0.15) is 0 Å². The Labute approximate surface area is 154 Å². The minimum atomic E-state index is 0.550. The Morgan fingerprint density at radius 2 is 1.81 bits per heavy atom. The van der Waals surface area contributed by atoms with Crippen molar-refractivity contribution in [3.8, 4) is 22.3 Å². The zero-order valence-corrected chi connectivity index (χ0v) is 15.4. The second-order valence-electron chi connectivity index (χ2n) is 6.33. The van der Waals surface area contributed by atoms with Crippen LogP contribution in [0, 0.1) is 12.3 Å². The third-order valence-electron chi connectivity index (χ3n) is 4.70. The van der Waals surface area contributed by atoms with E-state index >= 15 is 0 Å². The van der Waals surface area contributed by atoms with Crippen molar-refractivity contribution in [1.82, 2.24) is 4.98 Å². The highest BCUT2D eigenvalue weighted by molar-refractivity contribution is 5.90. The van der Waals surface area contributed by atoms with E-state index in [2.05, 4.69) is 54.5 Å². The van der Waals surface area contributed by atoms with E-state index in [1.54, 1.807) is 0 Å². The van der Waals surface area contributed by atoms with E-state index in [9.17, 15) is 0 Å². The van der Waals surface area contributed by atoms with E-state index < -0.39 is 0 Å². The molecule has 0 spiro atoms.